The van der Waals surface area contributed by atoms with Crippen molar-refractivity contribution in [3.63, 3.8) is 0 Å². The predicted molar refractivity (Wildman–Crippen MR) is 133 cm³/mol. The normalized spacial score (nSPS) is 16.0. The predicted octanol–water partition coefficient (Wildman–Crippen LogP) is 8.60. The van der Waals surface area contributed by atoms with E-state index in [0.717, 1.165) is 23.5 Å². The summed E-state index contributed by atoms with van der Waals surface area (Å²) in [5.74, 6) is 2.39. The minimum absolute atomic E-state index is 0.0921. The van der Waals surface area contributed by atoms with Crippen LogP contribution in [0.15, 0.2) is 60.7 Å². The van der Waals surface area contributed by atoms with E-state index in [0.29, 0.717) is 23.7 Å². The third-order valence-corrected chi connectivity index (χ3v) is 7.65. The molecular weight excluding hydrogens is 488 g/mol. The average Bonchev–Trinajstić information content (AvgIpc) is 2.74. The lowest BCUT2D eigenvalue weighted by atomic mass is 9.88. The molecule has 0 amide bonds. The second kappa shape index (κ2) is 12.9. The Hall–Kier alpha value is -0.640. The van der Waals surface area contributed by atoms with Gasteiger partial charge in [-0.1, -0.05) is 120 Å². The van der Waals surface area contributed by atoms with Crippen LogP contribution in [0, 0.1) is 23.7 Å². The fourth-order valence-electron chi connectivity index (χ4n) is 3.65. The highest BCUT2D eigenvalue weighted by Gasteiger charge is 2.27. The Bertz CT molecular complexity index is 612. The first kappa shape index (κ1) is 24.6. The Labute approximate surface area is 194 Å². The van der Waals surface area contributed by atoms with Crippen molar-refractivity contribution in [2.75, 3.05) is 10.7 Å². The van der Waals surface area contributed by atoms with Gasteiger partial charge in [0.1, 0.15) is 0 Å². The van der Waals surface area contributed by atoms with Gasteiger partial charge in [0.2, 0.25) is 0 Å². The topological polar surface area (TPSA) is 9.23 Å². The summed E-state index contributed by atoms with van der Waals surface area (Å²) >= 11 is 7.47. The Morgan fingerprint density at radius 1 is 0.621 bits per heavy atom. The van der Waals surface area contributed by atoms with Gasteiger partial charge in [0.25, 0.3) is 0 Å². The van der Waals surface area contributed by atoms with Crippen LogP contribution in [0.1, 0.15) is 63.9 Å². The van der Waals surface area contributed by atoms with Crippen LogP contribution < -0.4 is 0 Å². The average molecular weight is 524 g/mol. The fraction of sp³-hybridized carbons (Fsp3) is 0.538. The molecule has 0 saturated carbocycles. The molecule has 0 aromatic heterocycles. The number of rotatable bonds is 12. The highest BCUT2D eigenvalue weighted by atomic mass is 79.9. The molecule has 0 heterocycles. The maximum absolute atomic E-state index is 6.95. The van der Waals surface area contributed by atoms with Gasteiger partial charge in [-0.15, -0.1) is 0 Å². The maximum atomic E-state index is 6.95. The molecule has 3 heteroatoms. The van der Waals surface area contributed by atoms with Gasteiger partial charge in [0.05, 0.1) is 12.2 Å². The first-order valence-corrected chi connectivity index (χ1v) is 13.1. The van der Waals surface area contributed by atoms with Crippen LogP contribution in [0.3, 0.4) is 0 Å². The van der Waals surface area contributed by atoms with E-state index in [9.17, 15) is 0 Å². The zero-order valence-electron chi connectivity index (χ0n) is 18.2. The summed E-state index contributed by atoms with van der Waals surface area (Å²) in [6.45, 7) is 9.23. The summed E-state index contributed by atoms with van der Waals surface area (Å²) < 4.78 is 6.95. The number of benzene rings is 2. The van der Waals surface area contributed by atoms with Crippen LogP contribution in [0.4, 0.5) is 0 Å². The van der Waals surface area contributed by atoms with Crippen molar-refractivity contribution in [3.05, 3.63) is 71.8 Å². The summed E-state index contributed by atoms with van der Waals surface area (Å²) in [5, 5.41) is 2.01. The van der Waals surface area contributed by atoms with Gasteiger partial charge in [-0.2, -0.15) is 0 Å². The van der Waals surface area contributed by atoms with Gasteiger partial charge in [-0.05, 0) is 47.6 Å². The first-order valence-electron chi connectivity index (χ1n) is 10.8. The second-order valence-electron chi connectivity index (χ2n) is 8.72. The SMILES string of the molecule is CC(C)[C@@H](CBr)CC(OC(C[C@H](CBr)C(C)C)c1ccccc1)c1ccccc1. The summed E-state index contributed by atoms with van der Waals surface area (Å²) in [7, 11) is 0. The molecule has 0 aliphatic heterocycles. The van der Waals surface area contributed by atoms with E-state index in [1.165, 1.54) is 11.1 Å². The number of ether oxygens (including phenoxy) is 1. The molecule has 0 spiro atoms. The van der Waals surface area contributed by atoms with Gasteiger partial charge < -0.3 is 4.74 Å². The third-order valence-electron chi connectivity index (χ3n) is 5.99. The molecular formula is C26H36Br2O. The van der Waals surface area contributed by atoms with Crippen molar-refractivity contribution >= 4 is 31.9 Å². The van der Waals surface area contributed by atoms with Crippen molar-refractivity contribution in [1.82, 2.24) is 0 Å². The monoisotopic (exact) mass is 522 g/mol. The van der Waals surface area contributed by atoms with E-state index in [2.05, 4.69) is 120 Å². The molecule has 0 aliphatic rings. The molecule has 4 atom stereocenters. The number of hydrogen-bond donors (Lipinski definition) is 0. The highest BCUT2D eigenvalue weighted by molar-refractivity contribution is 9.09. The first-order chi connectivity index (χ1) is 14.0. The van der Waals surface area contributed by atoms with E-state index in [-0.39, 0.29) is 12.2 Å². The molecule has 0 N–H and O–H groups in total. The Balaban J connectivity index is 2.32. The van der Waals surface area contributed by atoms with E-state index < -0.39 is 0 Å². The highest BCUT2D eigenvalue weighted by Crippen LogP contribution is 2.38. The van der Waals surface area contributed by atoms with Crippen molar-refractivity contribution in [2.45, 2.75) is 52.7 Å². The third kappa shape index (κ3) is 7.84. The minimum Gasteiger partial charge on any atom is -0.366 e. The molecule has 2 aromatic carbocycles. The molecule has 160 valence electrons. The van der Waals surface area contributed by atoms with Crippen molar-refractivity contribution < 1.29 is 4.74 Å². The molecule has 0 fully saturated rings. The smallest absolute Gasteiger partial charge is 0.0836 e. The summed E-state index contributed by atoms with van der Waals surface area (Å²) in [4.78, 5) is 0. The Morgan fingerprint density at radius 2 is 0.966 bits per heavy atom. The van der Waals surface area contributed by atoms with E-state index in [1.807, 2.05) is 0 Å². The second-order valence-corrected chi connectivity index (χ2v) is 10.0. The van der Waals surface area contributed by atoms with Crippen LogP contribution >= 0.6 is 31.9 Å². The molecule has 0 radical (unpaired) electrons. The van der Waals surface area contributed by atoms with Crippen LogP contribution in [-0.4, -0.2) is 10.7 Å². The minimum atomic E-state index is 0.0921. The summed E-state index contributed by atoms with van der Waals surface area (Å²) in [5.41, 5.74) is 2.56. The van der Waals surface area contributed by atoms with Crippen molar-refractivity contribution in [2.24, 2.45) is 23.7 Å². The van der Waals surface area contributed by atoms with E-state index >= 15 is 0 Å². The van der Waals surface area contributed by atoms with Gasteiger partial charge in [-0.25, -0.2) is 0 Å². The Kier molecular flexibility index (Phi) is 11.0. The standard InChI is InChI=1S/C26H36Br2O/c1-19(2)23(17-27)15-25(21-11-7-5-8-12-21)29-26(16-24(18-28)20(3)4)22-13-9-6-10-14-22/h5-14,19-20,23-26H,15-18H2,1-4H3/t23-,24-,25?,26?/m1/s1. The molecule has 29 heavy (non-hydrogen) atoms. The lowest BCUT2D eigenvalue weighted by Gasteiger charge is -2.32. The van der Waals surface area contributed by atoms with Gasteiger partial charge >= 0.3 is 0 Å². The number of alkyl halides is 2. The van der Waals surface area contributed by atoms with Crippen LogP contribution in [0.5, 0.6) is 0 Å². The fourth-order valence-corrected chi connectivity index (χ4v) is 5.67. The summed E-state index contributed by atoms with van der Waals surface area (Å²) in [6.07, 6.45) is 2.23. The van der Waals surface area contributed by atoms with Crippen molar-refractivity contribution in [3.8, 4) is 0 Å². The molecule has 0 saturated heterocycles. The van der Waals surface area contributed by atoms with Gasteiger partial charge in [-0.3, -0.25) is 0 Å². The van der Waals surface area contributed by atoms with E-state index in [4.69, 9.17) is 4.74 Å². The quantitative estimate of drug-likeness (QED) is 0.253. The molecule has 2 aromatic rings. The molecule has 1 nitrogen and oxygen atoms in total. The molecule has 0 aliphatic carbocycles. The molecule has 2 unspecified atom stereocenters. The van der Waals surface area contributed by atoms with E-state index in [1.54, 1.807) is 0 Å². The van der Waals surface area contributed by atoms with Crippen molar-refractivity contribution in [1.29, 1.82) is 0 Å². The molecule has 2 rings (SSSR count). The maximum Gasteiger partial charge on any atom is 0.0836 e. The lowest BCUT2D eigenvalue weighted by molar-refractivity contribution is -0.0414. The van der Waals surface area contributed by atoms with Crippen LogP contribution in [-0.2, 0) is 4.74 Å². The zero-order chi connectivity index (χ0) is 21.2. The van der Waals surface area contributed by atoms with Gasteiger partial charge in [0, 0.05) is 10.7 Å². The largest absolute Gasteiger partial charge is 0.366 e. The van der Waals surface area contributed by atoms with Gasteiger partial charge in [0.15, 0.2) is 0 Å². The Morgan fingerprint density at radius 3 is 1.24 bits per heavy atom. The molecule has 0 bridgehead atoms. The number of hydrogen-bond acceptors (Lipinski definition) is 1. The number of halogens is 2. The lowest BCUT2D eigenvalue weighted by Crippen LogP contribution is -2.21. The summed E-state index contributed by atoms with van der Waals surface area (Å²) in [6, 6.07) is 21.5. The van der Waals surface area contributed by atoms with Crippen LogP contribution in [0.25, 0.3) is 0 Å². The van der Waals surface area contributed by atoms with Crippen LogP contribution in [0.2, 0.25) is 0 Å². The zero-order valence-corrected chi connectivity index (χ0v) is 21.4.